The first kappa shape index (κ1) is 12.9. The van der Waals surface area contributed by atoms with Gasteiger partial charge in [-0.15, -0.1) is 0 Å². The zero-order valence-corrected chi connectivity index (χ0v) is 11.1. The van der Waals surface area contributed by atoms with Crippen molar-refractivity contribution in [2.24, 2.45) is 0 Å². The van der Waals surface area contributed by atoms with Crippen molar-refractivity contribution in [2.75, 3.05) is 0 Å². The first-order chi connectivity index (χ1) is 8.54. The van der Waals surface area contributed by atoms with Crippen molar-refractivity contribution in [3.63, 3.8) is 0 Å². The van der Waals surface area contributed by atoms with Crippen LogP contribution in [0.2, 0.25) is 5.02 Å². The predicted octanol–water partition coefficient (Wildman–Crippen LogP) is 4.67. The standard InChI is InChI=1S/C15H14ClFO/c1-10-5-11(2)7-12(6-10)9-18-15-4-3-13(16)8-14(15)17/h3-8H,9H2,1-2H3. The Morgan fingerprint density at radius 2 is 1.72 bits per heavy atom. The Labute approximate surface area is 111 Å². The van der Waals surface area contributed by atoms with Crippen LogP contribution in [-0.4, -0.2) is 0 Å². The first-order valence-corrected chi connectivity index (χ1v) is 6.07. The van der Waals surface area contributed by atoms with Crippen molar-refractivity contribution < 1.29 is 9.13 Å². The average molecular weight is 265 g/mol. The Bertz CT molecular complexity index is 546. The van der Waals surface area contributed by atoms with Crippen LogP contribution in [0.3, 0.4) is 0 Å². The van der Waals surface area contributed by atoms with Crippen LogP contribution < -0.4 is 4.74 Å². The van der Waals surface area contributed by atoms with Crippen LogP contribution in [0.5, 0.6) is 5.75 Å². The maximum atomic E-state index is 13.5. The van der Waals surface area contributed by atoms with Gasteiger partial charge in [0.1, 0.15) is 6.61 Å². The van der Waals surface area contributed by atoms with Crippen molar-refractivity contribution in [3.05, 3.63) is 63.9 Å². The Balaban J connectivity index is 2.11. The summed E-state index contributed by atoms with van der Waals surface area (Å²) in [6.45, 7) is 4.40. The summed E-state index contributed by atoms with van der Waals surface area (Å²) in [4.78, 5) is 0. The second kappa shape index (κ2) is 5.40. The fourth-order valence-corrected chi connectivity index (χ4v) is 2.06. The van der Waals surface area contributed by atoms with Crippen molar-refractivity contribution in [1.82, 2.24) is 0 Å². The van der Waals surface area contributed by atoms with Gasteiger partial charge in [0.25, 0.3) is 0 Å². The van der Waals surface area contributed by atoms with Crippen LogP contribution in [0.25, 0.3) is 0 Å². The van der Waals surface area contributed by atoms with Gasteiger partial charge in [0.2, 0.25) is 0 Å². The molecule has 0 bridgehead atoms. The molecule has 0 fully saturated rings. The third kappa shape index (κ3) is 3.23. The van der Waals surface area contributed by atoms with E-state index in [1.165, 1.54) is 17.2 Å². The molecule has 0 aromatic heterocycles. The van der Waals surface area contributed by atoms with Crippen molar-refractivity contribution in [3.8, 4) is 5.75 Å². The minimum absolute atomic E-state index is 0.221. The van der Waals surface area contributed by atoms with Gasteiger partial charge < -0.3 is 4.74 Å². The molecule has 94 valence electrons. The van der Waals surface area contributed by atoms with Gasteiger partial charge >= 0.3 is 0 Å². The molecule has 0 atom stereocenters. The summed E-state index contributed by atoms with van der Waals surface area (Å²) in [7, 11) is 0. The average Bonchev–Trinajstić information content (AvgIpc) is 2.26. The molecule has 0 aliphatic rings. The predicted molar refractivity (Wildman–Crippen MR) is 71.7 cm³/mol. The highest BCUT2D eigenvalue weighted by molar-refractivity contribution is 6.30. The number of hydrogen-bond acceptors (Lipinski definition) is 1. The number of hydrogen-bond donors (Lipinski definition) is 0. The van der Waals surface area contributed by atoms with Crippen LogP contribution in [0.15, 0.2) is 36.4 Å². The third-order valence-corrected chi connectivity index (χ3v) is 2.80. The summed E-state index contributed by atoms with van der Waals surface area (Å²) in [5.41, 5.74) is 3.37. The van der Waals surface area contributed by atoms with Crippen molar-refractivity contribution >= 4 is 11.6 Å². The number of halogens is 2. The van der Waals surface area contributed by atoms with Gasteiger partial charge in [0, 0.05) is 5.02 Å². The Hall–Kier alpha value is -1.54. The van der Waals surface area contributed by atoms with E-state index in [1.807, 2.05) is 26.0 Å². The first-order valence-electron chi connectivity index (χ1n) is 5.69. The highest BCUT2D eigenvalue weighted by atomic mass is 35.5. The lowest BCUT2D eigenvalue weighted by Crippen LogP contribution is -1.98. The van der Waals surface area contributed by atoms with E-state index in [2.05, 4.69) is 6.07 Å². The maximum absolute atomic E-state index is 13.5. The minimum atomic E-state index is -0.438. The SMILES string of the molecule is Cc1cc(C)cc(COc2ccc(Cl)cc2F)c1. The molecule has 0 aliphatic heterocycles. The summed E-state index contributed by atoms with van der Waals surface area (Å²) >= 11 is 5.68. The van der Waals surface area contributed by atoms with E-state index >= 15 is 0 Å². The number of ether oxygens (including phenoxy) is 1. The van der Waals surface area contributed by atoms with Gasteiger partial charge in [-0.1, -0.05) is 40.9 Å². The van der Waals surface area contributed by atoms with Crippen LogP contribution in [0, 0.1) is 19.7 Å². The molecule has 2 aromatic carbocycles. The lowest BCUT2D eigenvalue weighted by molar-refractivity contribution is 0.290. The van der Waals surface area contributed by atoms with Crippen LogP contribution >= 0.6 is 11.6 Å². The molecule has 3 heteroatoms. The van der Waals surface area contributed by atoms with E-state index < -0.39 is 5.82 Å². The van der Waals surface area contributed by atoms with E-state index in [4.69, 9.17) is 16.3 Å². The second-order valence-electron chi connectivity index (χ2n) is 4.36. The van der Waals surface area contributed by atoms with Crippen molar-refractivity contribution in [1.29, 1.82) is 0 Å². The van der Waals surface area contributed by atoms with E-state index in [0.29, 0.717) is 11.6 Å². The van der Waals surface area contributed by atoms with E-state index in [9.17, 15) is 4.39 Å². The molecule has 0 heterocycles. The number of rotatable bonds is 3. The lowest BCUT2D eigenvalue weighted by Gasteiger charge is -2.09. The molecule has 0 saturated heterocycles. The lowest BCUT2D eigenvalue weighted by atomic mass is 10.1. The molecule has 0 saturated carbocycles. The Morgan fingerprint density at radius 3 is 2.33 bits per heavy atom. The maximum Gasteiger partial charge on any atom is 0.166 e. The monoisotopic (exact) mass is 264 g/mol. The van der Waals surface area contributed by atoms with E-state index in [1.54, 1.807) is 12.1 Å². The molecular formula is C15H14ClFO. The number of aryl methyl sites for hydroxylation is 2. The van der Waals surface area contributed by atoms with Gasteiger partial charge in [0.15, 0.2) is 11.6 Å². The highest BCUT2D eigenvalue weighted by Crippen LogP contribution is 2.22. The molecule has 0 amide bonds. The molecule has 0 spiro atoms. The molecule has 2 aromatic rings. The molecule has 0 aliphatic carbocycles. The molecule has 1 nitrogen and oxygen atoms in total. The second-order valence-corrected chi connectivity index (χ2v) is 4.80. The topological polar surface area (TPSA) is 9.23 Å². The highest BCUT2D eigenvalue weighted by Gasteiger charge is 2.04. The van der Waals surface area contributed by atoms with Gasteiger partial charge in [0.05, 0.1) is 0 Å². The van der Waals surface area contributed by atoms with Crippen LogP contribution in [0.1, 0.15) is 16.7 Å². The number of benzene rings is 2. The molecular weight excluding hydrogens is 251 g/mol. The Morgan fingerprint density at radius 1 is 1.06 bits per heavy atom. The van der Waals surface area contributed by atoms with Crippen LogP contribution in [-0.2, 0) is 6.61 Å². The zero-order chi connectivity index (χ0) is 13.1. The molecule has 0 radical (unpaired) electrons. The molecule has 0 unspecified atom stereocenters. The fraction of sp³-hybridized carbons (Fsp3) is 0.200. The minimum Gasteiger partial charge on any atom is -0.486 e. The quantitative estimate of drug-likeness (QED) is 0.782. The van der Waals surface area contributed by atoms with Crippen LogP contribution in [0.4, 0.5) is 4.39 Å². The summed E-state index contributed by atoms with van der Waals surface area (Å²) < 4.78 is 19.0. The Kier molecular flexibility index (Phi) is 3.87. The summed E-state index contributed by atoms with van der Waals surface area (Å²) in [5.74, 6) is -0.217. The largest absolute Gasteiger partial charge is 0.486 e. The smallest absolute Gasteiger partial charge is 0.166 e. The van der Waals surface area contributed by atoms with Gasteiger partial charge in [-0.05, 0) is 37.6 Å². The summed E-state index contributed by atoms with van der Waals surface area (Å²) in [6, 6.07) is 10.5. The normalized spacial score (nSPS) is 10.4. The van der Waals surface area contributed by atoms with E-state index in [-0.39, 0.29) is 5.75 Å². The zero-order valence-electron chi connectivity index (χ0n) is 10.3. The van der Waals surface area contributed by atoms with Gasteiger partial charge in [-0.25, -0.2) is 4.39 Å². The summed E-state index contributed by atoms with van der Waals surface area (Å²) in [6.07, 6.45) is 0. The summed E-state index contributed by atoms with van der Waals surface area (Å²) in [5, 5.41) is 0.367. The molecule has 2 rings (SSSR count). The van der Waals surface area contributed by atoms with Gasteiger partial charge in [-0.2, -0.15) is 0 Å². The van der Waals surface area contributed by atoms with E-state index in [0.717, 1.165) is 5.56 Å². The molecule has 18 heavy (non-hydrogen) atoms. The third-order valence-electron chi connectivity index (χ3n) is 2.57. The van der Waals surface area contributed by atoms with Crippen molar-refractivity contribution in [2.45, 2.75) is 20.5 Å². The fourth-order valence-electron chi connectivity index (χ4n) is 1.91. The van der Waals surface area contributed by atoms with Gasteiger partial charge in [-0.3, -0.25) is 0 Å². The molecule has 0 N–H and O–H groups in total.